The van der Waals surface area contributed by atoms with Crippen molar-refractivity contribution >= 4 is 50.7 Å². The first kappa shape index (κ1) is 28.9. The van der Waals surface area contributed by atoms with E-state index >= 15 is 0 Å². The summed E-state index contributed by atoms with van der Waals surface area (Å²) in [5.41, 5.74) is 2.00. The van der Waals surface area contributed by atoms with Gasteiger partial charge in [-0.1, -0.05) is 79.4 Å². The lowest BCUT2D eigenvalue weighted by Crippen LogP contribution is -2.52. The normalized spacial score (nSPS) is 12.2. The molecule has 0 aliphatic heterocycles. The number of anilines is 1. The molecule has 0 aliphatic carbocycles. The molecule has 192 valence electrons. The van der Waals surface area contributed by atoms with Crippen LogP contribution in [-0.4, -0.2) is 50.5 Å². The van der Waals surface area contributed by atoms with Crippen LogP contribution in [0, 0.1) is 6.92 Å². The molecule has 1 N–H and O–H groups in total. The highest BCUT2D eigenvalue weighted by Gasteiger charge is 2.32. The Bertz CT molecular complexity index is 1120. The molecule has 2 amide bonds. The molecule has 0 heterocycles. The number of carbonyl (C=O) groups is 2. The lowest BCUT2D eigenvalue weighted by atomic mass is 10.1. The molecule has 0 radical (unpaired) electrons. The van der Waals surface area contributed by atoms with Gasteiger partial charge in [-0.15, -0.1) is 0 Å². The largest absolute Gasteiger partial charge is 0.354 e. The minimum absolute atomic E-state index is 0.0295. The highest BCUT2D eigenvalue weighted by atomic mass is 35.5. The van der Waals surface area contributed by atoms with Crippen LogP contribution in [0.3, 0.4) is 0 Å². The highest BCUT2D eigenvalue weighted by molar-refractivity contribution is 7.92. The fourth-order valence-corrected chi connectivity index (χ4v) is 4.90. The fourth-order valence-electron chi connectivity index (χ4n) is 3.60. The monoisotopic (exact) mass is 541 g/mol. The van der Waals surface area contributed by atoms with Gasteiger partial charge in [0.05, 0.1) is 22.0 Å². The van der Waals surface area contributed by atoms with Gasteiger partial charge < -0.3 is 10.2 Å². The van der Waals surface area contributed by atoms with Gasteiger partial charge in [-0.25, -0.2) is 8.42 Å². The number of carbonyl (C=O) groups excluding carboxylic acids is 2. The van der Waals surface area contributed by atoms with Gasteiger partial charge in [0.15, 0.2) is 0 Å². The second-order valence-corrected chi connectivity index (χ2v) is 11.1. The maximum Gasteiger partial charge on any atom is 0.244 e. The molecule has 35 heavy (non-hydrogen) atoms. The Labute approximate surface area is 218 Å². The van der Waals surface area contributed by atoms with Gasteiger partial charge in [-0.3, -0.25) is 13.9 Å². The molecule has 2 aromatic carbocycles. The fraction of sp³-hybridized carbons (Fsp3) is 0.440. The van der Waals surface area contributed by atoms with Crippen LogP contribution in [0.25, 0.3) is 0 Å². The van der Waals surface area contributed by atoms with E-state index in [1.54, 1.807) is 6.07 Å². The van der Waals surface area contributed by atoms with Crippen LogP contribution in [0.5, 0.6) is 0 Å². The van der Waals surface area contributed by atoms with E-state index in [0.717, 1.165) is 34.5 Å². The minimum Gasteiger partial charge on any atom is -0.354 e. The zero-order chi connectivity index (χ0) is 26.2. The SMILES string of the molecule is CCCCNC(=O)[C@@H](CC)N(Cc1ccc(C)cc1)C(=O)CN(c1cccc(Cl)c1Cl)S(C)(=O)=O. The lowest BCUT2D eigenvalue weighted by molar-refractivity contribution is -0.140. The third kappa shape index (κ3) is 8.12. The first-order valence-corrected chi connectivity index (χ1v) is 14.1. The standard InChI is InChI=1S/C25H33Cl2N3O4S/c1-5-7-15-28-25(32)21(6-2)29(16-19-13-11-18(3)12-14-19)23(31)17-30(35(4,33)34)22-10-8-9-20(26)24(22)27/h8-14,21H,5-7,15-17H2,1-4H3,(H,28,32)/t21-/m1/s1. The minimum atomic E-state index is -3.89. The van der Waals surface area contributed by atoms with Crippen LogP contribution in [0.15, 0.2) is 42.5 Å². The quantitative estimate of drug-likeness (QED) is 0.391. The number of unbranched alkanes of at least 4 members (excludes halogenated alkanes) is 1. The van der Waals surface area contributed by atoms with Crippen molar-refractivity contribution in [3.8, 4) is 0 Å². The number of halogens is 2. The van der Waals surface area contributed by atoms with E-state index in [1.165, 1.54) is 17.0 Å². The molecule has 0 aromatic heterocycles. The van der Waals surface area contributed by atoms with Crippen LogP contribution in [0.2, 0.25) is 10.0 Å². The Morgan fingerprint density at radius 3 is 2.29 bits per heavy atom. The van der Waals surface area contributed by atoms with Crippen molar-refractivity contribution in [3.05, 3.63) is 63.6 Å². The number of nitrogens with zero attached hydrogens (tertiary/aromatic N) is 2. The number of rotatable bonds is 12. The van der Waals surface area contributed by atoms with Crippen LogP contribution in [0.4, 0.5) is 5.69 Å². The predicted octanol–water partition coefficient (Wildman–Crippen LogP) is 4.79. The maximum atomic E-state index is 13.6. The van der Waals surface area contributed by atoms with E-state index in [9.17, 15) is 18.0 Å². The first-order chi connectivity index (χ1) is 16.5. The Balaban J connectivity index is 2.43. The van der Waals surface area contributed by atoms with Gasteiger partial charge in [0.1, 0.15) is 12.6 Å². The van der Waals surface area contributed by atoms with E-state index in [2.05, 4.69) is 5.32 Å². The highest BCUT2D eigenvalue weighted by Crippen LogP contribution is 2.33. The first-order valence-electron chi connectivity index (χ1n) is 11.5. The van der Waals surface area contributed by atoms with Gasteiger partial charge >= 0.3 is 0 Å². The average molecular weight is 543 g/mol. The summed E-state index contributed by atoms with van der Waals surface area (Å²) in [6.07, 6.45) is 3.11. The third-order valence-corrected chi connectivity index (χ3v) is 7.50. The number of nitrogens with one attached hydrogen (secondary N) is 1. The van der Waals surface area contributed by atoms with Crippen LogP contribution in [-0.2, 0) is 26.2 Å². The third-order valence-electron chi connectivity index (χ3n) is 5.57. The average Bonchev–Trinajstić information content (AvgIpc) is 2.80. The Morgan fingerprint density at radius 1 is 1.06 bits per heavy atom. The number of hydrogen-bond acceptors (Lipinski definition) is 4. The molecule has 0 aliphatic rings. The second kappa shape index (κ2) is 13.1. The van der Waals surface area contributed by atoms with Crippen molar-refractivity contribution in [3.63, 3.8) is 0 Å². The number of aryl methyl sites for hydroxylation is 1. The molecule has 7 nitrogen and oxygen atoms in total. The Kier molecular flexibility index (Phi) is 10.9. The molecule has 0 fully saturated rings. The summed E-state index contributed by atoms with van der Waals surface area (Å²) >= 11 is 12.4. The topological polar surface area (TPSA) is 86.8 Å². The summed E-state index contributed by atoms with van der Waals surface area (Å²) in [5.74, 6) is -0.794. The van der Waals surface area contributed by atoms with Gasteiger partial charge in [0.25, 0.3) is 0 Å². The summed E-state index contributed by atoms with van der Waals surface area (Å²) in [7, 11) is -3.89. The van der Waals surface area contributed by atoms with E-state index < -0.39 is 28.5 Å². The summed E-state index contributed by atoms with van der Waals surface area (Å²) in [6.45, 7) is 5.94. The van der Waals surface area contributed by atoms with Crippen LogP contribution in [0.1, 0.15) is 44.2 Å². The molecular formula is C25H33Cl2N3O4S. The van der Waals surface area contributed by atoms with E-state index in [0.29, 0.717) is 13.0 Å². The molecule has 0 saturated heterocycles. The van der Waals surface area contributed by atoms with E-state index in [1.807, 2.05) is 45.0 Å². The van der Waals surface area contributed by atoms with Crippen molar-refractivity contribution in [2.24, 2.45) is 0 Å². The van der Waals surface area contributed by atoms with Crippen molar-refractivity contribution in [2.45, 2.75) is 52.6 Å². The Hall–Kier alpha value is -2.29. The van der Waals surface area contributed by atoms with Crippen molar-refractivity contribution < 1.29 is 18.0 Å². The lowest BCUT2D eigenvalue weighted by Gasteiger charge is -2.33. The molecule has 0 spiro atoms. The van der Waals surface area contributed by atoms with Crippen molar-refractivity contribution in [2.75, 3.05) is 23.7 Å². The summed E-state index contributed by atoms with van der Waals surface area (Å²) in [4.78, 5) is 28.1. The molecule has 0 bridgehead atoms. The van der Waals surface area contributed by atoms with E-state index in [-0.39, 0.29) is 28.2 Å². The maximum absolute atomic E-state index is 13.6. The van der Waals surface area contributed by atoms with Gasteiger partial charge in [-0.2, -0.15) is 0 Å². The molecule has 1 atom stereocenters. The molecule has 0 saturated carbocycles. The van der Waals surface area contributed by atoms with E-state index in [4.69, 9.17) is 23.2 Å². The van der Waals surface area contributed by atoms with Crippen LogP contribution < -0.4 is 9.62 Å². The zero-order valence-electron chi connectivity index (χ0n) is 20.6. The van der Waals surface area contributed by atoms with Crippen molar-refractivity contribution in [1.29, 1.82) is 0 Å². The van der Waals surface area contributed by atoms with Gasteiger partial charge in [0.2, 0.25) is 21.8 Å². The summed E-state index contributed by atoms with van der Waals surface area (Å²) in [5, 5.41) is 3.09. The number of sulfonamides is 1. The Morgan fingerprint density at radius 2 is 1.71 bits per heavy atom. The second-order valence-electron chi connectivity index (χ2n) is 8.42. The molecule has 2 rings (SSSR count). The zero-order valence-corrected chi connectivity index (χ0v) is 22.9. The predicted molar refractivity (Wildman–Crippen MR) is 142 cm³/mol. The summed E-state index contributed by atoms with van der Waals surface area (Å²) in [6, 6.07) is 11.4. The van der Waals surface area contributed by atoms with Gasteiger partial charge in [0, 0.05) is 13.1 Å². The van der Waals surface area contributed by atoms with Crippen molar-refractivity contribution in [1.82, 2.24) is 10.2 Å². The number of hydrogen-bond donors (Lipinski definition) is 1. The smallest absolute Gasteiger partial charge is 0.244 e. The molecule has 2 aromatic rings. The molecule has 0 unspecified atom stereocenters. The molecular weight excluding hydrogens is 509 g/mol. The molecule has 10 heteroatoms. The number of amides is 2. The van der Waals surface area contributed by atoms with Crippen LogP contribution >= 0.6 is 23.2 Å². The number of benzene rings is 2. The summed E-state index contributed by atoms with van der Waals surface area (Å²) < 4.78 is 26.3. The van der Waals surface area contributed by atoms with Gasteiger partial charge in [-0.05, 0) is 37.5 Å².